The van der Waals surface area contributed by atoms with Crippen LogP contribution in [0.5, 0.6) is 0 Å². The van der Waals surface area contributed by atoms with E-state index in [1.807, 2.05) is 14.1 Å². The average molecular weight is 283 g/mol. The van der Waals surface area contributed by atoms with Crippen LogP contribution in [0, 0.1) is 11.6 Å². The van der Waals surface area contributed by atoms with Crippen molar-refractivity contribution in [1.82, 2.24) is 9.80 Å². The summed E-state index contributed by atoms with van der Waals surface area (Å²) in [7, 11) is 3.99. The topological polar surface area (TPSA) is 49.6 Å². The predicted molar refractivity (Wildman–Crippen MR) is 73.4 cm³/mol. The van der Waals surface area contributed by atoms with Gasteiger partial charge in [0.2, 0.25) is 0 Å². The van der Waals surface area contributed by atoms with Gasteiger partial charge in [0.05, 0.1) is 11.3 Å². The molecule has 0 spiro atoms. The van der Waals surface area contributed by atoms with E-state index in [2.05, 4.69) is 4.90 Å². The normalized spacial score (nSPS) is 16.8. The molecule has 20 heavy (non-hydrogen) atoms. The lowest BCUT2D eigenvalue weighted by molar-refractivity contribution is 0.0658. The highest BCUT2D eigenvalue weighted by Gasteiger charge is 2.27. The summed E-state index contributed by atoms with van der Waals surface area (Å²) >= 11 is 0. The fraction of sp³-hybridized carbons (Fsp3) is 0.500. The van der Waals surface area contributed by atoms with Gasteiger partial charge in [-0.3, -0.25) is 4.79 Å². The van der Waals surface area contributed by atoms with Crippen LogP contribution in [-0.2, 0) is 0 Å². The van der Waals surface area contributed by atoms with Gasteiger partial charge in [0, 0.05) is 19.1 Å². The smallest absolute Gasteiger partial charge is 0.257 e. The number of hydrogen-bond donors (Lipinski definition) is 1. The summed E-state index contributed by atoms with van der Waals surface area (Å²) in [4.78, 5) is 15.9. The van der Waals surface area contributed by atoms with Crippen molar-refractivity contribution in [3.8, 4) is 0 Å². The molecule has 1 aromatic rings. The van der Waals surface area contributed by atoms with E-state index in [1.165, 1.54) is 0 Å². The van der Waals surface area contributed by atoms with Gasteiger partial charge in [0.1, 0.15) is 5.82 Å². The highest BCUT2D eigenvalue weighted by Crippen LogP contribution is 2.22. The summed E-state index contributed by atoms with van der Waals surface area (Å²) in [5, 5.41) is 0. The summed E-state index contributed by atoms with van der Waals surface area (Å²) < 4.78 is 27.1. The summed E-state index contributed by atoms with van der Waals surface area (Å²) in [5.41, 5.74) is 4.74. The first kappa shape index (κ1) is 14.7. The maximum atomic E-state index is 13.8. The zero-order valence-corrected chi connectivity index (χ0v) is 11.7. The number of anilines is 1. The molecule has 1 aromatic carbocycles. The molecule has 2 N–H and O–H groups in total. The molecular formula is C14H19F2N3O. The molecule has 1 saturated heterocycles. The number of amides is 1. The van der Waals surface area contributed by atoms with Gasteiger partial charge in [-0.1, -0.05) is 0 Å². The molecule has 0 bridgehead atoms. The molecule has 0 aliphatic carbocycles. The van der Waals surface area contributed by atoms with Crippen LogP contribution in [0.3, 0.4) is 0 Å². The number of nitrogens with two attached hydrogens (primary N) is 1. The maximum absolute atomic E-state index is 13.8. The third-order valence-electron chi connectivity index (χ3n) is 3.78. The maximum Gasteiger partial charge on any atom is 0.257 e. The third kappa shape index (κ3) is 2.90. The van der Waals surface area contributed by atoms with Gasteiger partial charge in [-0.05, 0) is 39.1 Å². The van der Waals surface area contributed by atoms with Crippen LogP contribution < -0.4 is 5.73 Å². The first-order valence-electron chi connectivity index (χ1n) is 6.60. The Kier molecular flexibility index (Phi) is 4.23. The SMILES string of the molecule is CN(C)C1CCN(C(=O)c2cc(F)cc(N)c2F)CC1. The molecule has 0 aromatic heterocycles. The van der Waals surface area contributed by atoms with Gasteiger partial charge in [0.25, 0.3) is 5.91 Å². The van der Waals surface area contributed by atoms with E-state index in [9.17, 15) is 13.6 Å². The van der Waals surface area contributed by atoms with Crippen LogP contribution >= 0.6 is 0 Å². The average Bonchev–Trinajstić information content (AvgIpc) is 2.42. The number of carbonyl (C=O) groups is 1. The van der Waals surface area contributed by atoms with E-state index in [0.29, 0.717) is 19.1 Å². The molecule has 1 heterocycles. The Hall–Kier alpha value is -1.69. The van der Waals surface area contributed by atoms with Crippen molar-refractivity contribution in [2.45, 2.75) is 18.9 Å². The quantitative estimate of drug-likeness (QED) is 0.841. The third-order valence-corrected chi connectivity index (χ3v) is 3.78. The van der Waals surface area contributed by atoms with Crippen molar-refractivity contribution in [2.24, 2.45) is 0 Å². The minimum absolute atomic E-state index is 0.286. The lowest BCUT2D eigenvalue weighted by Crippen LogP contribution is -2.44. The van der Waals surface area contributed by atoms with E-state index < -0.39 is 17.5 Å². The second-order valence-electron chi connectivity index (χ2n) is 5.34. The number of halogens is 2. The lowest BCUT2D eigenvalue weighted by atomic mass is 10.0. The van der Waals surface area contributed by atoms with Crippen molar-refractivity contribution in [1.29, 1.82) is 0 Å². The Bertz CT molecular complexity index is 511. The number of likely N-dealkylation sites (tertiary alicyclic amines) is 1. The molecule has 0 unspecified atom stereocenters. The van der Waals surface area contributed by atoms with Crippen molar-refractivity contribution in [3.05, 3.63) is 29.3 Å². The molecule has 0 saturated carbocycles. The first-order chi connectivity index (χ1) is 9.40. The number of carbonyl (C=O) groups excluding carboxylic acids is 1. The molecule has 0 atom stereocenters. The Labute approximate surface area is 117 Å². The van der Waals surface area contributed by atoms with Crippen LogP contribution in [0.1, 0.15) is 23.2 Å². The highest BCUT2D eigenvalue weighted by molar-refractivity contribution is 5.95. The van der Waals surface area contributed by atoms with Gasteiger partial charge in [-0.2, -0.15) is 0 Å². The molecule has 1 aliphatic heterocycles. The van der Waals surface area contributed by atoms with Crippen molar-refractivity contribution in [2.75, 3.05) is 32.9 Å². The molecule has 110 valence electrons. The Balaban J connectivity index is 2.13. The molecule has 1 amide bonds. The second-order valence-corrected chi connectivity index (χ2v) is 5.34. The summed E-state index contributed by atoms with van der Waals surface area (Å²) in [6.45, 7) is 1.08. The Morgan fingerprint density at radius 2 is 1.90 bits per heavy atom. The van der Waals surface area contributed by atoms with E-state index >= 15 is 0 Å². The number of piperidine rings is 1. The van der Waals surface area contributed by atoms with Crippen LogP contribution in [0.25, 0.3) is 0 Å². The largest absolute Gasteiger partial charge is 0.396 e. The fourth-order valence-corrected chi connectivity index (χ4v) is 2.52. The summed E-state index contributed by atoms with van der Waals surface area (Å²) in [6.07, 6.45) is 1.65. The molecule has 6 heteroatoms. The standard InChI is InChI=1S/C14H19F2N3O/c1-18(2)10-3-5-19(6-4-10)14(20)11-7-9(15)8-12(17)13(11)16/h7-8,10H,3-6,17H2,1-2H3. The monoisotopic (exact) mass is 283 g/mol. The van der Waals surface area contributed by atoms with E-state index in [4.69, 9.17) is 5.73 Å². The number of hydrogen-bond acceptors (Lipinski definition) is 3. The Morgan fingerprint density at radius 1 is 1.30 bits per heavy atom. The van der Waals surface area contributed by atoms with Crippen LogP contribution in [0.4, 0.5) is 14.5 Å². The molecule has 4 nitrogen and oxygen atoms in total. The second kappa shape index (κ2) is 5.75. The number of rotatable bonds is 2. The van der Waals surface area contributed by atoms with Gasteiger partial charge >= 0.3 is 0 Å². The summed E-state index contributed by atoms with van der Waals surface area (Å²) in [6, 6.07) is 2.21. The van der Waals surface area contributed by atoms with Gasteiger partial charge in [-0.25, -0.2) is 8.78 Å². The number of nitrogen functional groups attached to an aromatic ring is 1. The lowest BCUT2D eigenvalue weighted by Gasteiger charge is -2.35. The number of benzene rings is 1. The molecule has 0 radical (unpaired) electrons. The predicted octanol–water partition coefficient (Wildman–Crippen LogP) is 1.71. The fourth-order valence-electron chi connectivity index (χ4n) is 2.52. The minimum atomic E-state index is -0.842. The van der Waals surface area contributed by atoms with Crippen molar-refractivity contribution in [3.63, 3.8) is 0 Å². The van der Waals surface area contributed by atoms with E-state index in [-0.39, 0.29) is 11.3 Å². The van der Waals surface area contributed by atoms with Gasteiger partial charge in [-0.15, -0.1) is 0 Å². The minimum Gasteiger partial charge on any atom is -0.396 e. The zero-order chi connectivity index (χ0) is 14.9. The van der Waals surface area contributed by atoms with Crippen LogP contribution in [0.15, 0.2) is 12.1 Å². The van der Waals surface area contributed by atoms with E-state index in [0.717, 1.165) is 25.0 Å². The van der Waals surface area contributed by atoms with Gasteiger partial charge in [0.15, 0.2) is 5.82 Å². The molecule has 2 rings (SSSR count). The van der Waals surface area contributed by atoms with Crippen molar-refractivity contribution >= 4 is 11.6 Å². The van der Waals surface area contributed by atoms with Crippen LogP contribution in [0.2, 0.25) is 0 Å². The molecule has 1 fully saturated rings. The first-order valence-corrected chi connectivity index (χ1v) is 6.60. The van der Waals surface area contributed by atoms with Crippen LogP contribution in [-0.4, -0.2) is 48.9 Å². The summed E-state index contributed by atoms with van der Waals surface area (Å²) in [5.74, 6) is -2.03. The number of nitrogens with zero attached hydrogens (tertiary/aromatic N) is 2. The Morgan fingerprint density at radius 3 is 2.45 bits per heavy atom. The molecular weight excluding hydrogens is 264 g/mol. The molecule has 1 aliphatic rings. The zero-order valence-electron chi connectivity index (χ0n) is 11.7. The van der Waals surface area contributed by atoms with Gasteiger partial charge < -0.3 is 15.5 Å². The highest BCUT2D eigenvalue weighted by atomic mass is 19.1. The van der Waals surface area contributed by atoms with E-state index in [1.54, 1.807) is 4.90 Å². The van der Waals surface area contributed by atoms with Crippen molar-refractivity contribution < 1.29 is 13.6 Å².